The minimum atomic E-state index is -4.61. The Kier molecular flexibility index (Phi) is 12.3. The molecule has 6 aliphatic carbocycles. The van der Waals surface area contributed by atoms with Crippen molar-refractivity contribution in [1.29, 1.82) is 0 Å². The molecule has 9 unspecified atom stereocenters. The van der Waals surface area contributed by atoms with Crippen LogP contribution in [0.3, 0.4) is 0 Å². The average Bonchev–Trinajstić information content (AvgIpc) is 3.96. The van der Waals surface area contributed by atoms with Gasteiger partial charge in [0.15, 0.2) is 17.8 Å². The van der Waals surface area contributed by atoms with E-state index in [0.29, 0.717) is 31.1 Å². The van der Waals surface area contributed by atoms with E-state index in [9.17, 15) is 37.5 Å². The highest BCUT2D eigenvalue weighted by Crippen LogP contribution is 2.61. The van der Waals surface area contributed by atoms with Crippen LogP contribution in [-0.4, -0.2) is 76.9 Å². The second kappa shape index (κ2) is 15.8. The Balaban J connectivity index is 0.000000147. The second-order valence-electron chi connectivity index (χ2n) is 21.0. The molecule has 3 aliphatic heterocycles. The normalized spacial score (nSPS) is 40.3. The first-order valence-electron chi connectivity index (χ1n) is 22.2. The lowest BCUT2D eigenvalue weighted by Crippen LogP contribution is -2.60. The van der Waals surface area contributed by atoms with Crippen molar-refractivity contribution in [3.05, 3.63) is 0 Å². The van der Waals surface area contributed by atoms with Crippen LogP contribution < -0.4 is 0 Å². The Labute approximate surface area is 342 Å². The van der Waals surface area contributed by atoms with Crippen LogP contribution in [0.25, 0.3) is 0 Å². The van der Waals surface area contributed by atoms with Crippen molar-refractivity contribution in [3.8, 4) is 0 Å². The quantitative estimate of drug-likeness (QED) is 0.168. The van der Waals surface area contributed by atoms with Gasteiger partial charge in [-0.15, -0.1) is 0 Å². The molecule has 58 heavy (non-hydrogen) atoms. The van der Waals surface area contributed by atoms with Gasteiger partial charge in [-0.25, -0.2) is 0 Å². The number of halogens is 3. The fraction of sp³-hybridized carbons (Fsp3) is 0.911. The van der Waals surface area contributed by atoms with E-state index >= 15 is 0 Å². The number of carbonyl (C=O) groups excluding carboxylic acids is 4. The number of rotatable bonds is 10. The molecule has 330 valence electrons. The van der Waals surface area contributed by atoms with Crippen LogP contribution in [0.2, 0.25) is 0 Å². The van der Waals surface area contributed by atoms with E-state index in [1.54, 1.807) is 13.8 Å². The Morgan fingerprint density at radius 2 is 1.22 bits per heavy atom. The van der Waals surface area contributed by atoms with Crippen LogP contribution in [0.4, 0.5) is 13.2 Å². The molecule has 0 aromatic rings. The lowest BCUT2D eigenvalue weighted by Gasteiger charge is -2.60. The van der Waals surface area contributed by atoms with Crippen molar-refractivity contribution in [2.45, 2.75) is 201 Å². The van der Waals surface area contributed by atoms with Gasteiger partial charge in [0.25, 0.3) is 0 Å². The van der Waals surface area contributed by atoms with Crippen molar-refractivity contribution in [1.82, 2.24) is 0 Å². The summed E-state index contributed by atoms with van der Waals surface area (Å²) in [6.07, 6.45) is 4.21. The third-order valence-corrected chi connectivity index (χ3v) is 16.3. The smallest absolute Gasteiger partial charge is 0.417 e. The summed E-state index contributed by atoms with van der Waals surface area (Å²) in [5.74, 6) is 0.965. The van der Waals surface area contributed by atoms with E-state index in [1.807, 2.05) is 41.5 Å². The number of hydrogen-bond acceptors (Lipinski definition) is 10. The first-order valence-corrected chi connectivity index (χ1v) is 22.2. The summed E-state index contributed by atoms with van der Waals surface area (Å²) in [6, 6.07) is 0. The lowest BCUT2D eigenvalue weighted by atomic mass is 9.49. The predicted molar refractivity (Wildman–Crippen MR) is 207 cm³/mol. The van der Waals surface area contributed by atoms with Crippen LogP contribution in [0.5, 0.6) is 0 Å². The SMILES string of the molecule is CCC(C)(C)C(=O)OC1(CC)C2CC3CC(C2)CC1C3.CCC(C)(C)C(=O)OC1C2CC3C(=O)OC1C3O2.CCC(C)(C)C(=O)OC1CC2CC1CC2(O)C(F)(F)F. The molecule has 9 atom stereocenters. The maximum absolute atomic E-state index is 12.9. The molecule has 1 N–H and O–H groups in total. The van der Waals surface area contributed by atoms with Gasteiger partial charge in [0, 0.05) is 5.92 Å². The topological polar surface area (TPSA) is 135 Å². The molecule has 10 nitrogen and oxygen atoms in total. The van der Waals surface area contributed by atoms with Crippen LogP contribution in [0.15, 0.2) is 0 Å². The monoisotopic (exact) mass is 826 g/mol. The third-order valence-electron chi connectivity index (χ3n) is 16.3. The number of aliphatic hydroxyl groups is 1. The minimum absolute atomic E-state index is 0.0364. The summed E-state index contributed by atoms with van der Waals surface area (Å²) < 4.78 is 66.8. The van der Waals surface area contributed by atoms with Gasteiger partial charge in [-0.05, 0) is 155 Å². The van der Waals surface area contributed by atoms with Crippen molar-refractivity contribution < 1.29 is 61.1 Å². The van der Waals surface area contributed by atoms with Gasteiger partial charge in [0.2, 0.25) is 0 Å². The lowest BCUT2D eigenvalue weighted by molar-refractivity contribution is -0.281. The molecule has 0 spiro atoms. The zero-order valence-corrected chi connectivity index (χ0v) is 36.4. The molecule has 9 aliphatic rings. The Bertz CT molecular complexity index is 1540. The van der Waals surface area contributed by atoms with Gasteiger partial charge in [0.1, 0.15) is 17.8 Å². The molecular weight excluding hydrogens is 757 g/mol. The van der Waals surface area contributed by atoms with E-state index in [-0.39, 0.29) is 78.2 Å². The first-order chi connectivity index (χ1) is 26.9. The molecule has 3 saturated heterocycles. The first kappa shape index (κ1) is 45.1. The largest absolute Gasteiger partial charge is 0.462 e. The fourth-order valence-corrected chi connectivity index (χ4v) is 11.3. The highest BCUT2D eigenvalue weighted by Gasteiger charge is 2.68. The Hall–Kier alpha value is -2.41. The van der Waals surface area contributed by atoms with Crippen molar-refractivity contribution in [3.63, 3.8) is 0 Å². The summed E-state index contributed by atoms with van der Waals surface area (Å²) in [5, 5.41) is 9.81. The van der Waals surface area contributed by atoms with Gasteiger partial charge in [-0.1, -0.05) is 27.7 Å². The van der Waals surface area contributed by atoms with Gasteiger partial charge in [-0.2, -0.15) is 13.2 Å². The number of esters is 4. The molecule has 0 aromatic heterocycles. The molecule has 0 aromatic carbocycles. The number of ether oxygens (including phenoxy) is 5. The molecule has 9 rings (SSSR count). The maximum Gasteiger partial charge on any atom is 0.417 e. The van der Waals surface area contributed by atoms with Gasteiger partial charge < -0.3 is 28.8 Å². The molecule has 13 heteroatoms. The summed E-state index contributed by atoms with van der Waals surface area (Å²) >= 11 is 0. The Morgan fingerprint density at radius 3 is 1.69 bits per heavy atom. The zero-order chi connectivity index (χ0) is 43.0. The molecule has 0 amide bonds. The van der Waals surface area contributed by atoms with E-state index < -0.39 is 46.8 Å². The molecule has 8 bridgehead atoms. The predicted octanol–water partition coefficient (Wildman–Crippen LogP) is 8.68. The number of hydrogen-bond donors (Lipinski definition) is 1. The number of fused-ring (bicyclic) bond motifs is 3. The molecule has 9 fully saturated rings. The molecule has 3 heterocycles. The van der Waals surface area contributed by atoms with Gasteiger partial charge in [0.05, 0.1) is 28.3 Å². The van der Waals surface area contributed by atoms with Crippen LogP contribution in [0.1, 0.15) is 153 Å². The highest BCUT2D eigenvalue weighted by atomic mass is 19.4. The standard InChI is InChI=1S/C18H30O2.C14H21F3O3.C13H18O5/c1-5-17(3,4)16(19)20-18(6-2)14-8-12-7-13(10-14)11-15(18)9-12;1-4-12(2,3)11(18)20-10-6-9-5-8(10)7-13(9,19)14(15,16)17;1-4-13(2,3)12(15)18-9-7-5-6-8(16-7)10(9)17-11(6)14/h12-15H,5-11H2,1-4H3;8-10,19H,4-7H2,1-3H3;6-10H,4-5H2,1-3H3. The highest BCUT2D eigenvalue weighted by molar-refractivity contribution is 5.79. The summed E-state index contributed by atoms with van der Waals surface area (Å²) in [7, 11) is 0. The molecule has 0 radical (unpaired) electrons. The van der Waals surface area contributed by atoms with Crippen molar-refractivity contribution in [2.24, 2.45) is 57.7 Å². The van der Waals surface area contributed by atoms with E-state index in [0.717, 1.165) is 24.7 Å². The number of carbonyl (C=O) groups is 4. The van der Waals surface area contributed by atoms with Crippen LogP contribution in [-0.2, 0) is 42.9 Å². The van der Waals surface area contributed by atoms with E-state index in [4.69, 9.17) is 23.7 Å². The number of alkyl halides is 3. The summed E-state index contributed by atoms with van der Waals surface area (Å²) in [5.41, 5.74) is -4.19. The fourth-order valence-electron chi connectivity index (χ4n) is 11.3. The summed E-state index contributed by atoms with van der Waals surface area (Å²) in [6.45, 7) is 19.4. The minimum Gasteiger partial charge on any atom is -0.462 e. The van der Waals surface area contributed by atoms with Crippen molar-refractivity contribution in [2.75, 3.05) is 0 Å². The van der Waals surface area contributed by atoms with E-state index in [2.05, 4.69) is 13.8 Å². The zero-order valence-electron chi connectivity index (χ0n) is 36.4. The third kappa shape index (κ3) is 7.94. The van der Waals surface area contributed by atoms with Crippen molar-refractivity contribution >= 4 is 23.9 Å². The second-order valence-corrected chi connectivity index (χ2v) is 21.0. The molecular formula is C45H69F3O10. The maximum atomic E-state index is 12.9. The molecule has 6 saturated carbocycles. The van der Waals surface area contributed by atoms with Gasteiger partial charge in [-0.3, -0.25) is 19.2 Å². The van der Waals surface area contributed by atoms with E-state index in [1.165, 1.54) is 32.1 Å². The summed E-state index contributed by atoms with van der Waals surface area (Å²) in [4.78, 5) is 48.2. The Morgan fingerprint density at radius 1 is 0.707 bits per heavy atom. The van der Waals surface area contributed by atoms with Crippen LogP contribution in [0, 0.1) is 57.7 Å². The van der Waals surface area contributed by atoms with Gasteiger partial charge >= 0.3 is 30.1 Å². The average molecular weight is 827 g/mol. The van der Waals surface area contributed by atoms with Crippen LogP contribution >= 0.6 is 0 Å².